The van der Waals surface area contributed by atoms with Crippen LogP contribution in [0.25, 0.3) is 10.8 Å². The van der Waals surface area contributed by atoms with Gasteiger partial charge in [0.05, 0.1) is 29.2 Å². The van der Waals surface area contributed by atoms with Crippen LogP contribution in [0.5, 0.6) is 0 Å². The molecule has 3 aliphatic heterocycles. The summed E-state index contributed by atoms with van der Waals surface area (Å²) in [5.74, 6) is -3.06. The minimum atomic E-state index is -0.991. The van der Waals surface area contributed by atoms with E-state index in [0.29, 0.717) is 24.9 Å². The van der Waals surface area contributed by atoms with Crippen molar-refractivity contribution in [2.75, 3.05) is 18.1 Å². The Labute approximate surface area is 227 Å². The number of anilines is 1. The number of hydrogen-bond donors (Lipinski definition) is 2. The highest BCUT2D eigenvalue weighted by Crippen LogP contribution is 2.71. The Morgan fingerprint density at radius 1 is 1.21 bits per heavy atom. The molecule has 3 fully saturated rings. The second-order valence-corrected chi connectivity index (χ2v) is 13.4. The van der Waals surface area contributed by atoms with Crippen molar-refractivity contribution in [2.24, 2.45) is 17.8 Å². The third kappa shape index (κ3) is 3.95. The molecule has 2 N–H and O–H groups in total. The zero-order chi connectivity index (χ0) is 27.4. The lowest BCUT2D eigenvalue weighted by Crippen LogP contribution is -2.57. The standard InChI is InChI=1S/C30H36N2O5S/c1-5-14-31(21-11-10-19-8-6-7-9-20(19)16-21)27(35)25-30-13-12-29(4,38-30)24(28(36)37)23(30)26(34)32(25)22(17-33)15-18(2)3/h5-11,16,18,22-25,33H,1,12-15,17H2,2-4H3,(H,36,37)/t22-,23+,24-,25?,29+,30?/m1/s1. The molecule has 2 amide bonds. The van der Waals surface area contributed by atoms with Crippen LogP contribution in [0.1, 0.15) is 40.0 Å². The van der Waals surface area contributed by atoms with Crippen LogP contribution >= 0.6 is 11.8 Å². The number of amides is 2. The highest BCUT2D eigenvalue weighted by atomic mass is 32.2. The van der Waals surface area contributed by atoms with Crippen molar-refractivity contribution in [1.29, 1.82) is 0 Å². The van der Waals surface area contributed by atoms with E-state index >= 15 is 0 Å². The van der Waals surface area contributed by atoms with Gasteiger partial charge in [0, 0.05) is 17.0 Å². The molecule has 1 spiro atoms. The molecular weight excluding hydrogens is 500 g/mol. The third-order valence-corrected chi connectivity index (χ3v) is 10.7. The van der Waals surface area contributed by atoms with E-state index in [1.54, 1.807) is 15.9 Å². The molecule has 0 saturated carbocycles. The average Bonchev–Trinajstić information content (AvgIpc) is 3.45. The van der Waals surface area contributed by atoms with E-state index in [-0.39, 0.29) is 30.9 Å². The Balaban J connectivity index is 1.64. The molecule has 2 aromatic carbocycles. The lowest BCUT2D eigenvalue weighted by Gasteiger charge is -2.40. The number of nitrogens with zero attached hydrogens (tertiary/aromatic N) is 2. The van der Waals surface area contributed by atoms with Gasteiger partial charge in [0.15, 0.2) is 0 Å². The predicted octanol–water partition coefficient (Wildman–Crippen LogP) is 4.33. The SMILES string of the molecule is C=CCN(C(=O)C1N([C@@H](CO)CC(C)C)C(=O)[C@@H]2[C@H](C(=O)O)[C@]3(C)CCC12S3)c1ccc2ccccc2c1. The van der Waals surface area contributed by atoms with E-state index in [2.05, 4.69) is 6.58 Å². The molecular formula is C30H36N2O5S. The molecule has 2 bridgehead atoms. The van der Waals surface area contributed by atoms with E-state index < -0.39 is 39.4 Å². The molecule has 3 heterocycles. The summed E-state index contributed by atoms with van der Waals surface area (Å²) in [6.45, 7) is 9.79. The van der Waals surface area contributed by atoms with Crippen molar-refractivity contribution in [2.45, 2.75) is 61.6 Å². The minimum absolute atomic E-state index is 0.176. The number of likely N-dealkylation sites (tertiary alicyclic amines) is 1. The normalized spacial score (nSPS) is 30.6. The summed E-state index contributed by atoms with van der Waals surface area (Å²) in [5.41, 5.74) is 0.698. The van der Waals surface area contributed by atoms with E-state index in [1.165, 1.54) is 11.8 Å². The van der Waals surface area contributed by atoms with Crippen molar-refractivity contribution >= 4 is 46.0 Å². The van der Waals surface area contributed by atoms with Gasteiger partial charge in [0.2, 0.25) is 5.91 Å². The molecule has 38 heavy (non-hydrogen) atoms. The number of carbonyl (C=O) groups is 3. The Hall–Kier alpha value is -2.84. The van der Waals surface area contributed by atoms with Gasteiger partial charge in [-0.1, -0.05) is 50.3 Å². The smallest absolute Gasteiger partial charge is 0.308 e. The first-order valence-corrected chi connectivity index (χ1v) is 14.2. The lowest BCUT2D eigenvalue weighted by atomic mass is 9.66. The maximum Gasteiger partial charge on any atom is 0.308 e. The number of benzene rings is 2. The summed E-state index contributed by atoms with van der Waals surface area (Å²) >= 11 is 1.51. The van der Waals surface area contributed by atoms with Gasteiger partial charge in [-0.3, -0.25) is 14.4 Å². The first-order chi connectivity index (χ1) is 18.1. The fraction of sp³-hybridized carbons (Fsp3) is 0.500. The topological polar surface area (TPSA) is 98.2 Å². The monoisotopic (exact) mass is 536 g/mol. The Bertz CT molecular complexity index is 1300. The first kappa shape index (κ1) is 26.8. The fourth-order valence-corrected chi connectivity index (χ4v) is 9.51. The quantitative estimate of drug-likeness (QED) is 0.463. The number of aliphatic hydroxyl groups excluding tert-OH is 1. The van der Waals surface area contributed by atoms with E-state index in [1.807, 2.05) is 63.2 Å². The average molecular weight is 537 g/mol. The molecule has 6 atom stereocenters. The van der Waals surface area contributed by atoms with Gasteiger partial charge >= 0.3 is 5.97 Å². The highest BCUT2D eigenvalue weighted by molar-refractivity contribution is 8.02. The maximum absolute atomic E-state index is 14.7. The number of carboxylic acid groups (broad SMARTS) is 1. The van der Waals surface area contributed by atoms with Gasteiger partial charge < -0.3 is 20.0 Å². The summed E-state index contributed by atoms with van der Waals surface area (Å²) in [7, 11) is 0. The number of carboxylic acids is 1. The Morgan fingerprint density at radius 2 is 1.92 bits per heavy atom. The van der Waals surface area contributed by atoms with E-state index in [9.17, 15) is 24.6 Å². The van der Waals surface area contributed by atoms with Gasteiger partial charge in [-0.2, -0.15) is 0 Å². The second-order valence-electron chi connectivity index (χ2n) is 11.5. The molecule has 3 saturated heterocycles. The van der Waals surface area contributed by atoms with E-state index in [4.69, 9.17) is 0 Å². The first-order valence-electron chi connectivity index (χ1n) is 13.3. The molecule has 7 nitrogen and oxygen atoms in total. The maximum atomic E-state index is 14.7. The number of thioether (sulfide) groups is 1. The van der Waals surface area contributed by atoms with Crippen LogP contribution in [0.3, 0.4) is 0 Å². The van der Waals surface area contributed by atoms with Crippen LogP contribution in [0.2, 0.25) is 0 Å². The highest BCUT2D eigenvalue weighted by Gasteiger charge is 2.78. The van der Waals surface area contributed by atoms with Gasteiger partial charge in [-0.15, -0.1) is 18.3 Å². The van der Waals surface area contributed by atoms with Crippen molar-refractivity contribution in [3.05, 3.63) is 55.1 Å². The second kappa shape index (κ2) is 9.72. The van der Waals surface area contributed by atoms with Crippen molar-refractivity contribution in [3.8, 4) is 0 Å². The molecule has 0 aliphatic carbocycles. The minimum Gasteiger partial charge on any atom is -0.481 e. The molecule has 3 aliphatic rings. The summed E-state index contributed by atoms with van der Waals surface area (Å²) in [5, 5.41) is 22.7. The van der Waals surface area contributed by atoms with Crippen LogP contribution in [0.15, 0.2) is 55.1 Å². The van der Waals surface area contributed by atoms with E-state index in [0.717, 1.165) is 10.8 Å². The summed E-state index contributed by atoms with van der Waals surface area (Å²) in [6.07, 6.45) is 3.40. The van der Waals surface area contributed by atoms with Gasteiger partial charge in [0.25, 0.3) is 5.91 Å². The third-order valence-electron chi connectivity index (χ3n) is 8.68. The number of carbonyl (C=O) groups excluding carboxylic acids is 2. The number of aliphatic carboxylic acids is 1. The predicted molar refractivity (Wildman–Crippen MR) is 150 cm³/mol. The largest absolute Gasteiger partial charge is 0.481 e. The zero-order valence-corrected chi connectivity index (χ0v) is 23.0. The summed E-state index contributed by atoms with van der Waals surface area (Å²) < 4.78 is -1.47. The van der Waals surface area contributed by atoms with Crippen LogP contribution in [0.4, 0.5) is 5.69 Å². The molecule has 5 rings (SSSR count). The fourth-order valence-electron chi connectivity index (χ4n) is 7.18. The van der Waals surface area contributed by atoms with Crippen molar-refractivity contribution < 1.29 is 24.6 Å². The van der Waals surface area contributed by atoms with Crippen LogP contribution in [-0.4, -0.2) is 67.6 Å². The number of rotatable bonds is 9. The zero-order valence-electron chi connectivity index (χ0n) is 22.2. The van der Waals surface area contributed by atoms with Crippen LogP contribution in [0, 0.1) is 17.8 Å². The molecule has 2 aromatic rings. The Kier molecular flexibility index (Phi) is 6.84. The molecule has 0 aromatic heterocycles. The molecule has 2 unspecified atom stereocenters. The van der Waals surface area contributed by atoms with Gasteiger partial charge in [-0.25, -0.2) is 0 Å². The van der Waals surface area contributed by atoms with Crippen LogP contribution < -0.4 is 4.90 Å². The van der Waals surface area contributed by atoms with Crippen molar-refractivity contribution in [1.82, 2.24) is 4.90 Å². The summed E-state index contributed by atoms with van der Waals surface area (Å²) in [6, 6.07) is 12.3. The molecule has 8 heteroatoms. The van der Waals surface area contributed by atoms with Crippen molar-refractivity contribution in [3.63, 3.8) is 0 Å². The lowest BCUT2D eigenvalue weighted by molar-refractivity contribution is -0.150. The molecule has 0 radical (unpaired) electrons. The number of fused-ring (bicyclic) bond motifs is 2. The Morgan fingerprint density at radius 3 is 2.55 bits per heavy atom. The summed E-state index contributed by atoms with van der Waals surface area (Å²) in [4.78, 5) is 44.6. The van der Waals surface area contributed by atoms with Crippen LogP contribution in [-0.2, 0) is 14.4 Å². The van der Waals surface area contributed by atoms with Gasteiger partial charge in [-0.05, 0) is 55.0 Å². The van der Waals surface area contributed by atoms with Gasteiger partial charge in [0.1, 0.15) is 6.04 Å². The number of hydrogen-bond acceptors (Lipinski definition) is 5. The molecule has 202 valence electrons. The number of aliphatic hydroxyl groups is 1.